The van der Waals surface area contributed by atoms with E-state index in [4.69, 9.17) is 18.6 Å². The summed E-state index contributed by atoms with van der Waals surface area (Å²) in [7, 11) is 15.7. The molecule has 29 heavy (non-hydrogen) atoms. The molecule has 152 valence electrons. The number of rotatable bonds is 2. The van der Waals surface area contributed by atoms with Crippen LogP contribution in [0.5, 0.6) is 0 Å². The molecule has 4 rings (SSSR count). The van der Waals surface area contributed by atoms with Gasteiger partial charge in [-0.05, 0) is 0 Å². The van der Waals surface area contributed by atoms with Gasteiger partial charge in [0.25, 0.3) is 0 Å². The monoisotopic (exact) mass is 460 g/mol. The predicted octanol–water partition coefficient (Wildman–Crippen LogP) is 8.36. The van der Waals surface area contributed by atoms with Crippen LogP contribution in [0.15, 0.2) is 35.4 Å². The minimum atomic E-state index is -4.28. The van der Waals surface area contributed by atoms with Crippen LogP contribution >= 0.6 is 18.6 Å². The van der Waals surface area contributed by atoms with Gasteiger partial charge < -0.3 is 0 Å². The van der Waals surface area contributed by atoms with Crippen molar-refractivity contribution in [3.05, 3.63) is 79.9 Å². The summed E-state index contributed by atoms with van der Waals surface area (Å²) in [5.41, 5.74) is 13.1. The van der Waals surface area contributed by atoms with E-state index < -0.39 is 12.7 Å². The van der Waals surface area contributed by atoms with Crippen LogP contribution in [0.4, 0.5) is 0 Å². The summed E-state index contributed by atoms with van der Waals surface area (Å²) in [5, 5.41) is 0. The maximum atomic E-state index is 7.84. The normalized spacial score (nSPS) is 20.9. The average molecular weight is 461 g/mol. The fraction of sp³-hybridized carbons (Fsp3) is 0.346. The van der Waals surface area contributed by atoms with Gasteiger partial charge in [-0.1, -0.05) is 0 Å². The number of allylic oxidation sites excluding steroid dienone is 2. The Kier molecular flexibility index (Phi) is 4.99. The topological polar surface area (TPSA) is 0 Å². The van der Waals surface area contributed by atoms with E-state index in [1.807, 2.05) is 0 Å². The SMILES string of the molecule is C[CH]=[Ti]([Cl])([Cl])([CH]1C(C)=Cc2cc(C)c(C)cc21)[CH]1C(C)=Cc2cc(C)c(C)cc21. The van der Waals surface area contributed by atoms with E-state index in [1.165, 1.54) is 55.7 Å². The predicted molar refractivity (Wildman–Crippen MR) is 128 cm³/mol. The molecule has 0 aromatic heterocycles. The molecule has 0 saturated heterocycles. The van der Waals surface area contributed by atoms with Crippen molar-refractivity contribution in [3.63, 3.8) is 0 Å². The van der Waals surface area contributed by atoms with Gasteiger partial charge >= 0.3 is 185 Å². The molecule has 2 aliphatic rings. The molecular formula is C26H30Cl2Ti. The molecule has 3 heteroatoms. The van der Waals surface area contributed by atoms with Crippen LogP contribution in [-0.4, -0.2) is 4.31 Å². The fourth-order valence-electron chi connectivity index (χ4n) is 5.58. The van der Waals surface area contributed by atoms with Gasteiger partial charge in [-0.2, -0.15) is 0 Å². The third kappa shape index (κ3) is 3.02. The van der Waals surface area contributed by atoms with Crippen molar-refractivity contribution in [2.75, 3.05) is 0 Å². The van der Waals surface area contributed by atoms with E-state index in [1.54, 1.807) is 0 Å². The van der Waals surface area contributed by atoms with E-state index >= 15 is 0 Å². The number of halogens is 2. The van der Waals surface area contributed by atoms with Crippen LogP contribution in [0.3, 0.4) is 0 Å². The fourth-order valence-corrected chi connectivity index (χ4v) is 17.5. The summed E-state index contributed by atoms with van der Waals surface area (Å²) < 4.78 is 2.41. The van der Waals surface area contributed by atoms with E-state index in [0.717, 1.165) is 0 Å². The second kappa shape index (κ2) is 6.79. The van der Waals surface area contributed by atoms with Crippen LogP contribution < -0.4 is 0 Å². The molecule has 2 atom stereocenters. The molecule has 2 unspecified atom stereocenters. The summed E-state index contributed by atoms with van der Waals surface area (Å²) in [6.07, 6.45) is 4.61. The molecule has 0 fully saturated rings. The summed E-state index contributed by atoms with van der Waals surface area (Å²) >= 11 is -4.28. The molecule has 0 N–H and O–H groups in total. The molecule has 0 nitrogen and oxygen atoms in total. The zero-order valence-corrected chi connectivity index (χ0v) is 21.5. The summed E-state index contributed by atoms with van der Waals surface area (Å²) in [4.78, 5) is 0. The van der Waals surface area contributed by atoms with Gasteiger partial charge in [0.05, 0.1) is 0 Å². The van der Waals surface area contributed by atoms with Gasteiger partial charge in [-0.3, -0.25) is 0 Å². The molecule has 0 saturated carbocycles. The van der Waals surface area contributed by atoms with E-state index in [0.29, 0.717) is 0 Å². The molecule has 2 aliphatic carbocycles. The molecular weight excluding hydrogens is 431 g/mol. The first-order chi connectivity index (χ1) is 13.5. The number of aryl methyl sites for hydroxylation is 4. The van der Waals surface area contributed by atoms with Gasteiger partial charge in [0.1, 0.15) is 0 Å². The van der Waals surface area contributed by atoms with Gasteiger partial charge in [0, 0.05) is 0 Å². The Morgan fingerprint density at radius 1 is 0.655 bits per heavy atom. The van der Waals surface area contributed by atoms with Crippen molar-refractivity contribution in [1.29, 1.82) is 0 Å². The quantitative estimate of drug-likeness (QED) is 0.394. The van der Waals surface area contributed by atoms with Gasteiger partial charge in [0.2, 0.25) is 0 Å². The Morgan fingerprint density at radius 2 is 1.00 bits per heavy atom. The van der Waals surface area contributed by atoms with Crippen molar-refractivity contribution in [2.45, 2.75) is 56.9 Å². The van der Waals surface area contributed by atoms with Gasteiger partial charge in [-0.15, -0.1) is 0 Å². The van der Waals surface area contributed by atoms with Crippen LogP contribution in [0, 0.1) is 27.7 Å². The van der Waals surface area contributed by atoms with Crippen molar-refractivity contribution in [2.24, 2.45) is 0 Å². The molecule has 0 heterocycles. The number of fused-ring (bicyclic) bond motifs is 2. The van der Waals surface area contributed by atoms with E-state index in [2.05, 4.69) is 89.2 Å². The number of hydrogen-bond donors (Lipinski definition) is 0. The zero-order chi connectivity index (χ0) is 21.3. The third-order valence-corrected chi connectivity index (χ3v) is 20.3. The van der Waals surface area contributed by atoms with E-state index in [-0.39, 0.29) is 8.45 Å². The molecule has 0 amide bonds. The van der Waals surface area contributed by atoms with Crippen molar-refractivity contribution in [1.82, 2.24) is 0 Å². The van der Waals surface area contributed by atoms with Gasteiger partial charge in [0.15, 0.2) is 0 Å². The zero-order valence-electron chi connectivity index (χ0n) is 18.5. The second-order valence-electron chi connectivity index (χ2n) is 9.29. The molecule has 2 aromatic carbocycles. The van der Waals surface area contributed by atoms with Crippen molar-refractivity contribution in [3.8, 4) is 0 Å². The Morgan fingerprint density at radius 3 is 1.34 bits per heavy atom. The van der Waals surface area contributed by atoms with E-state index in [9.17, 15) is 0 Å². The average Bonchev–Trinajstić information content (AvgIpc) is 3.12. The Hall–Kier alpha value is -0.916. The first kappa shape index (κ1) is 21.3. The summed E-state index contributed by atoms with van der Waals surface area (Å²) in [6, 6.07) is 9.25. The Balaban J connectivity index is 1.99. The number of hydrogen-bond acceptors (Lipinski definition) is 0. The minimum absolute atomic E-state index is 0.0931. The molecule has 0 radical (unpaired) electrons. The van der Waals surface area contributed by atoms with Gasteiger partial charge in [-0.25, -0.2) is 0 Å². The van der Waals surface area contributed by atoms with Crippen LogP contribution in [-0.2, 0) is 12.7 Å². The molecule has 0 aliphatic heterocycles. The molecule has 0 spiro atoms. The first-order valence-corrected chi connectivity index (χ1v) is 17.4. The van der Waals surface area contributed by atoms with Crippen LogP contribution in [0.2, 0.25) is 0 Å². The van der Waals surface area contributed by atoms with Crippen molar-refractivity contribution < 1.29 is 12.7 Å². The maximum absolute atomic E-state index is 7.84. The molecule has 0 bridgehead atoms. The first-order valence-electron chi connectivity index (χ1n) is 10.4. The molecule has 2 aromatic rings. The summed E-state index contributed by atoms with van der Waals surface area (Å²) in [5.74, 6) is 0. The third-order valence-electron chi connectivity index (χ3n) is 7.35. The standard InChI is InChI=1S/2C12H13.C2H4.2ClH.Ti/c2*1-8-4-11-6-9(2)10(3)7-12(11)5-8;1-2;;;/h2*4-7H,1-3H3;1H,2H3;2*1H;/q;;;;;+2/p-2. The van der Waals surface area contributed by atoms with Crippen LogP contribution in [0.1, 0.15) is 73.7 Å². The Bertz CT molecular complexity index is 1100. The Labute approximate surface area is 183 Å². The second-order valence-corrected chi connectivity index (χ2v) is 23.6. The van der Waals surface area contributed by atoms with Crippen LogP contribution in [0.25, 0.3) is 12.2 Å². The summed E-state index contributed by atoms with van der Waals surface area (Å²) in [6.45, 7) is 15.2. The van der Waals surface area contributed by atoms with Crippen molar-refractivity contribution >= 4 is 35.1 Å². The number of benzene rings is 2.